The summed E-state index contributed by atoms with van der Waals surface area (Å²) >= 11 is 12.3. The van der Waals surface area contributed by atoms with Gasteiger partial charge in [-0.15, -0.1) is 0 Å². The fourth-order valence-corrected chi connectivity index (χ4v) is 4.14. The number of aromatic hydroxyl groups is 1. The van der Waals surface area contributed by atoms with Crippen molar-refractivity contribution in [3.05, 3.63) is 76.1 Å². The highest BCUT2D eigenvalue weighted by Gasteiger charge is 2.22. The van der Waals surface area contributed by atoms with E-state index in [2.05, 4.69) is 57.7 Å². The van der Waals surface area contributed by atoms with Crippen LogP contribution in [0.2, 0.25) is 10.0 Å². The molecule has 0 spiro atoms. The third-order valence-electron chi connectivity index (χ3n) is 5.44. The molecule has 4 rings (SSSR count). The number of likely N-dealkylation sites (N-methyl/N-ethyl adjacent to an activating group) is 1. The number of aromatic amines is 1. The van der Waals surface area contributed by atoms with E-state index in [1.54, 1.807) is 12.1 Å². The molecule has 1 atom stereocenters. The van der Waals surface area contributed by atoms with Crippen LogP contribution in [0.25, 0.3) is 22.6 Å². The van der Waals surface area contributed by atoms with E-state index in [9.17, 15) is 5.11 Å². The second kappa shape index (κ2) is 8.69. The molecule has 7 heteroatoms. The Hall–Kier alpha value is -2.89. The minimum Gasteiger partial charge on any atom is -0.505 e. The first-order valence-corrected chi connectivity index (χ1v) is 10.7. The Morgan fingerprint density at radius 3 is 2.32 bits per heavy atom. The highest BCUT2D eigenvalue weighted by molar-refractivity contribution is 6.37. The lowest BCUT2D eigenvalue weighted by molar-refractivity contribution is 0.476. The Kier molecular flexibility index (Phi) is 5.99. The molecule has 0 aliphatic heterocycles. The van der Waals surface area contributed by atoms with Gasteiger partial charge in [0, 0.05) is 49.6 Å². The van der Waals surface area contributed by atoms with Crippen LogP contribution in [-0.2, 0) is 0 Å². The van der Waals surface area contributed by atoms with Crippen LogP contribution in [0.15, 0.2) is 60.3 Å². The van der Waals surface area contributed by atoms with E-state index in [0.29, 0.717) is 5.82 Å². The van der Waals surface area contributed by atoms with Crippen molar-refractivity contribution in [2.24, 2.45) is 0 Å². The molecular formula is C24H24Cl2N4O. The highest BCUT2D eigenvalue weighted by Crippen LogP contribution is 2.39. The summed E-state index contributed by atoms with van der Waals surface area (Å²) in [6.45, 7) is 0. The first kappa shape index (κ1) is 21.3. The summed E-state index contributed by atoms with van der Waals surface area (Å²) in [6, 6.07) is 11.7. The zero-order valence-electron chi connectivity index (χ0n) is 17.6. The molecule has 0 radical (unpaired) electrons. The summed E-state index contributed by atoms with van der Waals surface area (Å²) in [7, 11) is 5.95. The molecule has 1 aliphatic rings. The van der Waals surface area contributed by atoms with Gasteiger partial charge in [0.25, 0.3) is 0 Å². The number of hydrogen-bond donors (Lipinski definition) is 3. The van der Waals surface area contributed by atoms with Crippen LogP contribution in [0.4, 0.5) is 5.69 Å². The van der Waals surface area contributed by atoms with Crippen molar-refractivity contribution < 1.29 is 5.11 Å². The van der Waals surface area contributed by atoms with Gasteiger partial charge >= 0.3 is 0 Å². The van der Waals surface area contributed by atoms with Crippen LogP contribution in [-0.4, -0.2) is 36.2 Å². The van der Waals surface area contributed by atoms with Crippen LogP contribution in [0, 0.1) is 0 Å². The van der Waals surface area contributed by atoms with E-state index in [-0.39, 0.29) is 21.7 Å². The largest absolute Gasteiger partial charge is 0.505 e. The molecule has 1 aromatic heterocycles. The number of nitrogens with one attached hydrogen (secondary N) is 2. The second-order valence-electron chi connectivity index (χ2n) is 7.69. The van der Waals surface area contributed by atoms with E-state index >= 15 is 0 Å². The number of H-pyrrole nitrogens is 1. The number of hydrogen-bond acceptors (Lipinski definition) is 4. The maximum Gasteiger partial charge on any atom is 0.152 e. The fraction of sp³-hybridized carbons (Fsp3) is 0.208. The van der Waals surface area contributed by atoms with E-state index in [1.165, 1.54) is 0 Å². The summed E-state index contributed by atoms with van der Waals surface area (Å²) in [5.41, 5.74) is 5.88. The van der Waals surface area contributed by atoms with Crippen molar-refractivity contribution in [2.45, 2.75) is 12.3 Å². The van der Waals surface area contributed by atoms with Gasteiger partial charge < -0.3 is 20.3 Å². The summed E-state index contributed by atoms with van der Waals surface area (Å²) in [5.74, 6) is 0.686. The Balaban J connectivity index is 1.81. The molecule has 3 N–H and O–H groups in total. The lowest BCUT2D eigenvalue weighted by Crippen LogP contribution is -2.09. The SMILES string of the molecule is CNC1=CCC(c2[nH]c(-c3cc(Cl)c(O)c(Cl)c3)nc2-c2ccc(N(C)C)cc2)C=C1. The Labute approximate surface area is 192 Å². The molecular weight excluding hydrogens is 431 g/mol. The molecule has 31 heavy (non-hydrogen) atoms. The highest BCUT2D eigenvalue weighted by atomic mass is 35.5. The lowest BCUT2D eigenvalue weighted by atomic mass is 9.93. The summed E-state index contributed by atoms with van der Waals surface area (Å²) in [6.07, 6.45) is 7.30. The monoisotopic (exact) mass is 454 g/mol. The normalized spacial score (nSPS) is 15.6. The van der Waals surface area contributed by atoms with Crippen LogP contribution >= 0.6 is 23.2 Å². The number of halogens is 2. The van der Waals surface area contributed by atoms with Crippen molar-refractivity contribution in [3.8, 4) is 28.4 Å². The number of phenolic OH excluding ortho intramolecular Hbond substituents is 1. The van der Waals surface area contributed by atoms with Crippen molar-refractivity contribution in [2.75, 3.05) is 26.0 Å². The number of phenols is 1. The molecule has 0 fully saturated rings. The minimum atomic E-state index is -0.127. The van der Waals surface area contributed by atoms with E-state index < -0.39 is 0 Å². The Morgan fingerprint density at radius 2 is 1.77 bits per heavy atom. The van der Waals surface area contributed by atoms with Crippen LogP contribution < -0.4 is 10.2 Å². The van der Waals surface area contributed by atoms with Gasteiger partial charge in [-0.05, 0) is 36.8 Å². The number of anilines is 1. The Bertz CT molecular complexity index is 1140. The average Bonchev–Trinajstić information content (AvgIpc) is 3.22. The van der Waals surface area contributed by atoms with E-state index in [0.717, 1.165) is 40.3 Å². The van der Waals surface area contributed by atoms with E-state index in [4.69, 9.17) is 28.2 Å². The quantitative estimate of drug-likeness (QED) is 0.444. The van der Waals surface area contributed by atoms with E-state index in [1.807, 2.05) is 21.1 Å². The molecule has 0 amide bonds. The predicted molar refractivity (Wildman–Crippen MR) is 129 cm³/mol. The molecule has 1 heterocycles. The number of imidazole rings is 1. The van der Waals surface area contributed by atoms with Crippen molar-refractivity contribution in [3.63, 3.8) is 0 Å². The van der Waals surface area contributed by atoms with Gasteiger partial charge in [-0.25, -0.2) is 4.98 Å². The molecule has 0 saturated carbocycles. The summed E-state index contributed by atoms with van der Waals surface area (Å²) in [5, 5.41) is 13.5. The second-order valence-corrected chi connectivity index (χ2v) is 8.50. The molecule has 0 saturated heterocycles. The number of benzene rings is 2. The van der Waals surface area contributed by atoms with Gasteiger partial charge in [-0.1, -0.05) is 47.5 Å². The number of rotatable bonds is 5. The van der Waals surface area contributed by atoms with Crippen molar-refractivity contribution >= 4 is 28.9 Å². The fourth-order valence-electron chi connectivity index (χ4n) is 3.65. The third-order valence-corrected chi connectivity index (χ3v) is 6.01. The maximum absolute atomic E-state index is 9.92. The molecule has 1 aliphatic carbocycles. The molecule has 3 aromatic rings. The third kappa shape index (κ3) is 4.29. The maximum atomic E-state index is 9.92. The van der Waals surface area contributed by atoms with Gasteiger partial charge in [0.2, 0.25) is 0 Å². The molecule has 1 unspecified atom stereocenters. The Morgan fingerprint density at radius 1 is 1.10 bits per heavy atom. The number of allylic oxidation sites excluding steroid dienone is 3. The molecule has 2 aromatic carbocycles. The molecule has 160 valence electrons. The van der Waals surface area contributed by atoms with Crippen molar-refractivity contribution in [1.82, 2.24) is 15.3 Å². The standard InChI is InChI=1S/C24H24Cl2N4O/c1-27-17-8-4-14(5-9-17)21-22(15-6-10-18(11-7-15)30(2)3)29-24(28-21)16-12-19(25)23(31)20(26)13-16/h4,6-14,27,31H,5H2,1-3H3,(H,28,29). The first-order valence-electron chi connectivity index (χ1n) is 9.99. The van der Waals surface area contributed by atoms with Crippen LogP contribution in [0.5, 0.6) is 5.75 Å². The number of aromatic nitrogens is 2. The summed E-state index contributed by atoms with van der Waals surface area (Å²) < 4.78 is 0. The van der Waals surface area contributed by atoms with Gasteiger partial charge in [0.15, 0.2) is 5.75 Å². The van der Waals surface area contributed by atoms with Crippen molar-refractivity contribution in [1.29, 1.82) is 0 Å². The topological polar surface area (TPSA) is 64.2 Å². The zero-order chi connectivity index (χ0) is 22.1. The van der Waals surface area contributed by atoms with Crippen LogP contribution in [0.1, 0.15) is 18.0 Å². The number of nitrogens with zero attached hydrogens (tertiary/aromatic N) is 2. The lowest BCUT2D eigenvalue weighted by Gasteiger charge is -2.17. The smallest absolute Gasteiger partial charge is 0.152 e. The molecule has 5 nitrogen and oxygen atoms in total. The van der Waals surface area contributed by atoms with Gasteiger partial charge in [0.1, 0.15) is 5.82 Å². The molecule has 0 bridgehead atoms. The minimum absolute atomic E-state index is 0.127. The first-order chi connectivity index (χ1) is 14.9. The predicted octanol–water partition coefficient (Wildman–Crippen LogP) is 5.97. The summed E-state index contributed by atoms with van der Waals surface area (Å²) in [4.78, 5) is 10.5. The average molecular weight is 455 g/mol. The van der Waals surface area contributed by atoms with Gasteiger partial charge in [-0.2, -0.15) is 0 Å². The van der Waals surface area contributed by atoms with Crippen LogP contribution in [0.3, 0.4) is 0 Å². The zero-order valence-corrected chi connectivity index (χ0v) is 19.1. The van der Waals surface area contributed by atoms with Gasteiger partial charge in [-0.3, -0.25) is 0 Å². The van der Waals surface area contributed by atoms with Gasteiger partial charge in [0.05, 0.1) is 21.4 Å².